The summed E-state index contributed by atoms with van der Waals surface area (Å²) in [6, 6.07) is 7.93. The van der Waals surface area contributed by atoms with Crippen molar-refractivity contribution in [1.29, 1.82) is 0 Å². The first kappa shape index (κ1) is 8.41. The first-order chi connectivity index (χ1) is 7.45. The molecule has 0 unspecified atom stereocenters. The monoisotopic (exact) mass is 197 g/mol. The van der Waals surface area contributed by atoms with E-state index in [1.807, 2.05) is 30.5 Å². The zero-order valence-electron chi connectivity index (χ0n) is 8.10. The Hall–Kier alpha value is -1.90. The van der Waals surface area contributed by atoms with Gasteiger partial charge in [-0.05, 0) is 12.1 Å². The van der Waals surface area contributed by atoms with Gasteiger partial charge in [0.2, 0.25) is 0 Å². The number of ether oxygens (including phenoxy) is 1. The van der Waals surface area contributed by atoms with Crippen LogP contribution in [0.4, 0.5) is 0 Å². The molecule has 0 fully saturated rings. The van der Waals surface area contributed by atoms with Gasteiger partial charge in [0.15, 0.2) is 6.33 Å². The molecule has 0 atom stereocenters. The summed E-state index contributed by atoms with van der Waals surface area (Å²) in [5.74, 6) is 0.892. The number of benzene rings is 1. The average molecular weight is 197 g/mol. The number of fused-ring (bicyclic) bond motifs is 3. The highest BCUT2D eigenvalue weighted by Gasteiger charge is 2.15. The van der Waals surface area contributed by atoms with Gasteiger partial charge in [-0.15, -0.1) is 0 Å². The highest BCUT2D eigenvalue weighted by molar-refractivity contribution is 5.70. The van der Waals surface area contributed by atoms with Crippen LogP contribution in [0.25, 0.3) is 11.3 Å². The summed E-state index contributed by atoms with van der Waals surface area (Å²) in [5, 5.41) is 0. The number of hydrogen-bond donors (Lipinski definition) is 0. The van der Waals surface area contributed by atoms with E-state index in [1.54, 1.807) is 0 Å². The fraction of sp³-hybridized carbons (Fsp3) is 0.167. The van der Waals surface area contributed by atoms with Crippen LogP contribution in [0.3, 0.4) is 0 Å². The summed E-state index contributed by atoms with van der Waals surface area (Å²) in [6.45, 7) is 0.678. The van der Waals surface area contributed by atoms with Crippen molar-refractivity contribution in [3.05, 3.63) is 42.4 Å². The van der Waals surface area contributed by atoms with Gasteiger partial charge in [0.25, 0.3) is 0 Å². The van der Waals surface area contributed by atoms with Crippen molar-refractivity contribution >= 4 is 0 Å². The molecule has 1 aliphatic rings. The van der Waals surface area contributed by atoms with Crippen LogP contribution in [0, 0.1) is 6.33 Å². The second-order valence-electron chi connectivity index (χ2n) is 3.44. The Morgan fingerprint density at radius 3 is 3.20 bits per heavy atom. The third kappa shape index (κ3) is 1.36. The molecule has 0 amide bonds. The number of aromatic nitrogens is 2. The molecule has 0 aliphatic carbocycles. The summed E-state index contributed by atoms with van der Waals surface area (Å²) >= 11 is 0. The standard InChI is InChI=1S/C12H9N2O/c1-2-4-11-10(3-1)12-9(5-6-15-11)7-13-8-14-12/h1-4,7H,5-6H2. The lowest BCUT2D eigenvalue weighted by Crippen LogP contribution is -1.99. The Labute approximate surface area is 87.8 Å². The van der Waals surface area contributed by atoms with Crippen LogP contribution in [0.2, 0.25) is 0 Å². The van der Waals surface area contributed by atoms with E-state index < -0.39 is 0 Å². The van der Waals surface area contributed by atoms with Crippen LogP contribution >= 0.6 is 0 Å². The molecule has 0 saturated heterocycles. The van der Waals surface area contributed by atoms with E-state index in [0.29, 0.717) is 6.61 Å². The molecule has 15 heavy (non-hydrogen) atoms. The minimum Gasteiger partial charge on any atom is -0.493 e. The maximum atomic E-state index is 5.65. The van der Waals surface area contributed by atoms with E-state index in [9.17, 15) is 0 Å². The topological polar surface area (TPSA) is 35.0 Å². The summed E-state index contributed by atoms with van der Waals surface area (Å²) < 4.78 is 5.65. The van der Waals surface area contributed by atoms with Crippen LogP contribution in [0.15, 0.2) is 30.5 Å². The van der Waals surface area contributed by atoms with Gasteiger partial charge in [0.05, 0.1) is 12.3 Å². The van der Waals surface area contributed by atoms with Gasteiger partial charge < -0.3 is 4.74 Å². The van der Waals surface area contributed by atoms with Crippen LogP contribution in [0.1, 0.15) is 5.56 Å². The summed E-state index contributed by atoms with van der Waals surface area (Å²) in [6.07, 6.45) is 5.29. The van der Waals surface area contributed by atoms with E-state index in [1.165, 1.54) is 0 Å². The Balaban J connectivity index is 2.27. The lowest BCUT2D eigenvalue weighted by Gasteiger charge is -2.05. The highest BCUT2D eigenvalue weighted by atomic mass is 16.5. The van der Waals surface area contributed by atoms with Gasteiger partial charge in [0.1, 0.15) is 5.75 Å². The first-order valence-corrected chi connectivity index (χ1v) is 4.89. The molecule has 3 rings (SSSR count). The average Bonchev–Trinajstić information content (AvgIpc) is 2.48. The minimum absolute atomic E-state index is 0.678. The van der Waals surface area contributed by atoms with E-state index in [0.717, 1.165) is 29.0 Å². The zero-order valence-corrected chi connectivity index (χ0v) is 8.10. The maximum absolute atomic E-state index is 5.65. The first-order valence-electron chi connectivity index (χ1n) is 4.89. The third-order valence-corrected chi connectivity index (χ3v) is 2.52. The van der Waals surface area contributed by atoms with Crippen LogP contribution in [-0.4, -0.2) is 16.6 Å². The lowest BCUT2D eigenvalue weighted by molar-refractivity contribution is 0.326. The van der Waals surface area contributed by atoms with Gasteiger partial charge in [0, 0.05) is 23.7 Å². The number of hydrogen-bond acceptors (Lipinski definition) is 3. The van der Waals surface area contributed by atoms with Crippen molar-refractivity contribution in [2.45, 2.75) is 6.42 Å². The molecule has 1 aromatic heterocycles. The van der Waals surface area contributed by atoms with Gasteiger partial charge in [-0.3, -0.25) is 0 Å². The summed E-state index contributed by atoms with van der Waals surface area (Å²) in [4.78, 5) is 8.13. The van der Waals surface area contributed by atoms with Crippen LogP contribution in [-0.2, 0) is 6.42 Å². The molecule has 73 valence electrons. The van der Waals surface area contributed by atoms with Gasteiger partial charge in [-0.1, -0.05) is 12.1 Å². The Morgan fingerprint density at radius 1 is 1.27 bits per heavy atom. The van der Waals surface area contributed by atoms with Crippen molar-refractivity contribution in [1.82, 2.24) is 9.97 Å². The van der Waals surface area contributed by atoms with Crippen molar-refractivity contribution in [2.75, 3.05) is 6.61 Å². The Bertz CT molecular complexity index is 451. The molecule has 0 bridgehead atoms. The summed E-state index contributed by atoms with van der Waals surface area (Å²) in [5.41, 5.74) is 3.10. The Morgan fingerprint density at radius 2 is 2.20 bits per heavy atom. The van der Waals surface area contributed by atoms with Crippen molar-refractivity contribution in [3.8, 4) is 17.0 Å². The molecular formula is C12H9N2O. The second kappa shape index (κ2) is 3.35. The third-order valence-electron chi connectivity index (χ3n) is 2.52. The van der Waals surface area contributed by atoms with E-state index in [2.05, 4.69) is 16.3 Å². The Kier molecular flexibility index (Phi) is 1.88. The molecule has 2 aromatic rings. The molecule has 3 nitrogen and oxygen atoms in total. The van der Waals surface area contributed by atoms with Gasteiger partial charge in [-0.2, -0.15) is 0 Å². The predicted octanol–water partition coefficient (Wildman–Crippen LogP) is 1.88. The van der Waals surface area contributed by atoms with Crippen molar-refractivity contribution < 1.29 is 4.74 Å². The molecule has 2 heterocycles. The quantitative estimate of drug-likeness (QED) is 0.646. The minimum atomic E-state index is 0.678. The molecule has 0 spiro atoms. The van der Waals surface area contributed by atoms with Crippen molar-refractivity contribution in [3.63, 3.8) is 0 Å². The number of rotatable bonds is 0. The molecule has 3 heteroatoms. The van der Waals surface area contributed by atoms with Gasteiger partial charge >= 0.3 is 0 Å². The zero-order chi connectivity index (χ0) is 10.1. The largest absolute Gasteiger partial charge is 0.493 e. The molecule has 1 radical (unpaired) electrons. The smallest absolute Gasteiger partial charge is 0.198 e. The molecule has 0 N–H and O–H groups in total. The fourth-order valence-electron chi connectivity index (χ4n) is 1.79. The van der Waals surface area contributed by atoms with Crippen LogP contribution < -0.4 is 4.74 Å². The maximum Gasteiger partial charge on any atom is 0.198 e. The highest BCUT2D eigenvalue weighted by Crippen LogP contribution is 2.32. The predicted molar refractivity (Wildman–Crippen MR) is 55.5 cm³/mol. The van der Waals surface area contributed by atoms with Gasteiger partial charge in [-0.25, -0.2) is 9.97 Å². The molecular weight excluding hydrogens is 188 g/mol. The van der Waals surface area contributed by atoms with E-state index in [-0.39, 0.29) is 0 Å². The molecule has 1 aromatic carbocycles. The van der Waals surface area contributed by atoms with Crippen LogP contribution in [0.5, 0.6) is 5.75 Å². The van der Waals surface area contributed by atoms with E-state index in [4.69, 9.17) is 4.74 Å². The normalized spacial score (nSPS) is 13.3. The summed E-state index contributed by atoms with van der Waals surface area (Å²) in [7, 11) is 0. The lowest BCUT2D eigenvalue weighted by atomic mass is 10.1. The molecule has 0 saturated carbocycles. The van der Waals surface area contributed by atoms with E-state index >= 15 is 0 Å². The second-order valence-corrected chi connectivity index (χ2v) is 3.44. The number of nitrogens with zero attached hydrogens (tertiary/aromatic N) is 2. The van der Waals surface area contributed by atoms with Crippen molar-refractivity contribution in [2.24, 2.45) is 0 Å². The molecule has 1 aliphatic heterocycles. The number of para-hydroxylation sites is 1. The SMILES string of the molecule is [c]1ncc2c(n1)-c1ccccc1OCC2. The fourth-order valence-corrected chi connectivity index (χ4v) is 1.79.